The zero-order chi connectivity index (χ0) is 15.6. The van der Waals surface area contributed by atoms with Crippen molar-refractivity contribution in [1.29, 1.82) is 0 Å². The molecule has 4 rings (SSSR count). The first-order chi connectivity index (χ1) is 11.3. The van der Waals surface area contributed by atoms with Crippen molar-refractivity contribution in [3.8, 4) is 5.75 Å². The summed E-state index contributed by atoms with van der Waals surface area (Å²) in [5.74, 6) is 0.506. The Morgan fingerprint density at radius 3 is 2.83 bits per heavy atom. The second kappa shape index (κ2) is 6.16. The quantitative estimate of drug-likeness (QED) is 0.738. The fourth-order valence-corrected chi connectivity index (χ4v) is 3.30. The summed E-state index contributed by atoms with van der Waals surface area (Å²) >= 11 is 0. The molecule has 0 aliphatic carbocycles. The number of hydrogen-bond donors (Lipinski definition) is 0. The van der Waals surface area contributed by atoms with Crippen LogP contribution in [0.4, 0.5) is 4.39 Å². The van der Waals surface area contributed by atoms with Gasteiger partial charge in [0.05, 0.1) is 11.7 Å². The number of fused-ring (bicyclic) bond motifs is 3. The second-order valence-corrected chi connectivity index (χ2v) is 6.05. The highest BCUT2D eigenvalue weighted by molar-refractivity contribution is 5.84. The molecule has 0 spiro atoms. The summed E-state index contributed by atoms with van der Waals surface area (Å²) in [7, 11) is 0. The van der Waals surface area contributed by atoms with E-state index in [-0.39, 0.29) is 5.82 Å². The van der Waals surface area contributed by atoms with E-state index in [0.717, 1.165) is 23.3 Å². The lowest BCUT2D eigenvalue weighted by atomic mass is 10.1. The van der Waals surface area contributed by atoms with Crippen molar-refractivity contribution in [1.82, 2.24) is 14.3 Å². The Morgan fingerprint density at radius 2 is 1.96 bits per heavy atom. The Kier molecular flexibility index (Phi) is 3.87. The molecular formula is C18H20FN3O. The van der Waals surface area contributed by atoms with E-state index in [9.17, 15) is 4.39 Å². The normalized spacial score (nSPS) is 16.2. The SMILES string of the molecule is Fc1ccn2c1cnc1c(OCCN3CCCCC3)cccc12. The van der Waals surface area contributed by atoms with Gasteiger partial charge in [0.1, 0.15) is 29.2 Å². The van der Waals surface area contributed by atoms with Crippen LogP contribution in [-0.4, -0.2) is 40.5 Å². The van der Waals surface area contributed by atoms with Crippen LogP contribution in [-0.2, 0) is 0 Å². The summed E-state index contributed by atoms with van der Waals surface area (Å²) in [6, 6.07) is 7.25. The van der Waals surface area contributed by atoms with Gasteiger partial charge in [0.25, 0.3) is 0 Å². The summed E-state index contributed by atoms with van der Waals surface area (Å²) in [6.45, 7) is 3.93. The number of likely N-dealkylation sites (tertiary alicyclic amines) is 1. The molecule has 0 radical (unpaired) electrons. The molecule has 3 heterocycles. The highest BCUT2D eigenvalue weighted by Gasteiger charge is 2.12. The Balaban J connectivity index is 1.56. The maximum absolute atomic E-state index is 13.7. The molecule has 0 N–H and O–H groups in total. The highest BCUT2D eigenvalue weighted by Crippen LogP contribution is 2.25. The van der Waals surface area contributed by atoms with Gasteiger partial charge in [-0.1, -0.05) is 12.5 Å². The number of para-hydroxylation sites is 1. The molecule has 0 saturated carbocycles. The fraction of sp³-hybridized carbons (Fsp3) is 0.389. The van der Waals surface area contributed by atoms with Crippen LogP contribution in [0.2, 0.25) is 0 Å². The van der Waals surface area contributed by atoms with E-state index < -0.39 is 0 Å². The van der Waals surface area contributed by atoms with Gasteiger partial charge in [0.2, 0.25) is 0 Å². The van der Waals surface area contributed by atoms with Gasteiger partial charge in [-0.15, -0.1) is 0 Å². The molecule has 1 fully saturated rings. The van der Waals surface area contributed by atoms with Gasteiger partial charge in [-0.05, 0) is 44.1 Å². The van der Waals surface area contributed by atoms with Crippen molar-refractivity contribution < 1.29 is 9.13 Å². The predicted molar refractivity (Wildman–Crippen MR) is 88.4 cm³/mol. The molecule has 0 unspecified atom stereocenters. The van der Waals surface area contributed by atoms with Gasteiger partial charge in [-0.2, -0.15) is 0 Å². The smallest absolute Gasteiger partial charge is 0.150 e. The summed E-state index contributed by atoms with van der Waals surface area (Å²) in [4.78, 5) is 6.85. The molecule has 120 valence electrons. The minimum absolute atomic E-state index is 0.254. The van der Waals surface area contributed by atoms with Crippen LogP contribution < -0.4 is 4.74 Å². The van der Waals surface area contributed by atoms with Crippen LogP contribution in [0.3, 0.4) is 0 Å². The minimum Gasteiger partial charge on any atom is -0.490 e. The molecule has 23 heavy (non-hydrogen) atoms. The first-order valence-corrected chi connectivity index (χ1v) is 8.22. The van der Waals surface area contributed by atoms with Crippen LogP contribution in [0.1, 0.15) is 19.3 Å². The number of hydrogen-bond acceptors (Lipinski definition) is 3. The van der Waals surface area contributed by atoms with E-state index in [4.69, 9.17) is 4.74 Å². The van der Waals surface area contributed by atoms with E-state index in [0.29, 0.717) is 12.1 Å². The molecule has 1 aliphatic heterocycles. The van der Waals surface area contributed by atoms with Gasteiger partial charge >= 0.3 is 0 Å². The number of benzene rings is 1. The standard InChI is InChI=1S/C18H20FN3O/c19-14-7-10-22-15-5-4-6-17(18(15)20-13-16(14)22)23-12-11-21-8-2-1-3-9-21/h4-7,10,13H,1-3,8-9,11-12H2. The third-order valence-electron chi connectivity index (χ3n) is 4.54. The van der Waals surface area contributed by atoms with E-state index in [2.05, 4.69) is 9.88 Å². The third kappa shape index (κ3) is 2.77. The summed E-state index contributed by atoms with van der Waals surface area (Å²) in [5, 5.41) is 0. The molecular weight excluding hydrogens is 293 g/mol. The Morgan fingerprint density at radius 1 is 1.09 bits per heavy atom. The zero-order valence-electron chi connectivity index (χ0n) is 13.0. The Hall–Kier alpha value is -2.14. The molecule has 0 bridgehead atoms. The Bertz CT molecular complexity index is 824. The van der Waals surface area contributed by atoms with E-state index >= 15 is 0 Å². The van der Waals surface area contributed by atoms with Crippen molar-refractivity contribution in [2.24, 2.45) is 0 Å². The molecule has 1 aliphatic rings. The average molecular weight is 313 g/mol. The topological polar surface area (TPSA) is 29.8 Å². The molecule has 1 saturated heterocycles. The molecule has 4 nitrogen and oxygen atoms in total. The number of halogens is 1. The van der Waals surface area contributed by atoms with Crippen LogP contribution in [0, 0.1) is 5.82 Å². The number of piperidine rings is 1. The molecule has 3 aromatic rings. The number of nitrogens with zero attached hydrogens (tertiary/aromatic N) is 3. The minimum atomic E-state index is -0.254. The lowest BCUT2D eigenvalue weighted by molar-refractivity contribution is 0.184. The average Bonchev–Trinajstić information content (AvgIpc) is 2.98. The van der Waals surface area contributed by atoms with Crippen LogP contribution in [0.25, 0.3) is 16.6 Å². The lowest BCUT2D eigenvalue weighted by Crippen LogP contribution is -2.33. The summed E-state index contributed by atoms with van der Waals surface area (Å²) in [6.07, 6.45) is 7.20. The highest BCUT2D eigenvalue weighted by atomic mass is 19.1. The van der Waals surface area contributed by atoms with Crippen molar-refractivity contribution in [2.75, 3.05) is 26.2 Å². The molecule has 2 aromatic heterocycles. The summed E-state index contributed by atoms with van der Waals surface area (Å²) in [5.41, 5.74) is 2.12. The van der Waals surface area contributed by atoms with E-state index in [1.165, 1.54) is 38.4 Å². The third-order valence-corrected chi connectivity index (χ3v) is 4.54. The van der Waals surface area contributed by atoms with Crippen molar-refractivity contribution >= 4 is 16.6 Å². The molecule has 0 atom stereocenters. The predicted octanol–water partition coefficient (Wildman–Crippen LogP) is 3.49. The van der Waals surface area contributed by atoms with E-state index in [1.807, 2.05) is 22.6 Å². The summed E-state index contributed by atoms with van der Waals surface area (Å²) < 4.78 is 21.5. The number of rotatable bonds is 4. The fourth-order valence-electron chi connectivity index (χ4n) is 3.30. The van der Waals surface area contributed by atoms with Gasteiger partial charge < -0.3 is 9.14 Å². The van der Waals surface area contributed by atoms with Gasteiger partial charge in [0.15, 0.2) is 0 Å². The second-order valence-electron chi connectivity index (χ2n) is 6.05. The molecule has 1 aromatic carbocycles. The van der Waals surface area contributed by atoms with Crippen molar-refractivity contribution in [3.05, 3.63) is 42.5 Å². The van der Waals surface area contributed by atoms with E-state index in [1.54, 1.807) is 12.4 Å². The maximum Gasteiger partial charge on any atom is 0.150 e. The number of aromatic nitrogens is 2. The molecule has 5 heteroatoms. The van der Waals surface area contributed by atoms with Gasteiger partial charge in [-0.3, -0.25) is 4.90 Å². The van der Waals surface area contributed by atoms with Crippen molar-refractivity contribution in [3.63, 3.8) is 0 Å². The number of ether oxygens (including phenoxy) is 1. The maximum atomic E-state index is 13.7. The van der Waals surface area contributed by atoms with Crippen LogP contribution in [0.15, 0.2) is 36.7 Å². The Labute approximate surface area is 134 Å². The lowest BCUT2D eigenvalue weighted by Gasteiger charge is -2.26. The van der Waals surface area contributed by atoms with Crippen molar-refractivity contribution in [2.45, 2.75) is 19.3 Å². The monoisotopic (exact) mass is 313 g/mol. The zero-order valence-corrected chi connectivity index (χ0v) is 13.0. The first kappa shape index (κ1) is 14.5. The van der Waals surface area contributed by atoms with Gasteiger partial charge in [0, 0.05) is 12.7 Å². The van der Waals surface area contributed by atoms with Gasteiger partial charge in [-0.25, -0.2) is 9.37 Å². The van der Waals surface area contributed by atoms with Crippen LogP contribution >= 0.6 is 0 Å². The largest absolute Gasteiger partial charge is 0.490 e. The van der Waals surface area contributed by atoms with Crippen LogP contribution in [0.5, 0.6) is 5.75 Å². The first-order valence-electron chi connectivity index (χ1n) is 8.22. The molecule has 0 amide bonds.